The van der Waals surface area contributed by atoms with E-state index in [9.17, 15) is 9.90 Å². The number of nitrogens with zero attached hydrogens (tertiary/aromatic N) is 4. The van der Waals surface area contributed by atoms with Crippen molar-refractivity contribution in [2.24, 2.45) is 10.2 Å². The summed E-state index contributed by atoms with van der Waals surface area (Å²) in [7, 11) is 0. The fraction of sp³-hybridized carbons (Fsp3) is 0.133. The number of carbonyl (C=O) groups is 1. The van der Waals surface area contributed by atoms with Gasteiger partial charge in [-0.2, -0.15) is 4.37 Å². The smallest absolute Gasteiger partial charge is 0.411 e. The first-order valence-electron chi connectivity index (χ1n) is 7.06. The maximum Gasteiger partial charge on any atom is 0.411 e. The predicted molar refractivity (Wildman–Crippen MR) is 90.3 cm³/mol. The summed E-state index contributed by atoms with van der Waals surface area (Å²) < 4.78 is 8.96. The zero-order chi connectivity index (χ0) is 16.9. The number of fused-ring (bicyclic) bond motifs is 1. The van der Waals surface area contributed by atoms with Crippen molar-refractivity contribution in [2.45, 2.75) is 6.92 Å². The average molecular weight is 343 g/mol. The first-order chi connectivity index (χ1) is 11.7. The highest BCUT2D eigenvalue weighted by Gasteiger charge is 2.09. The van der Waals surface area contributed by atoms with E-state index in [0.717, 1.165) is 5.39 Å². The summed E-state index contributed by atoms with van der Waals surface area (Å²) in [6.07, 6.45) is 1.01. The molecule has 0 saturated carbocycles. The van der Waals surface area contributed by atoms with Crippen LogP contribution in [0.3, 0.4) is 0 Å². The number of phenols is 1. The largest absolute Gasteiger partial charge is 0.506 e. The number of amides is 1. The van der Waals surface area contributed by atoms with Crippen molar-refractivity contribution in [1.82, 2.24) is 9.36 Å². The van der Waals surface area contributed by atoms with Gasteiger partial charge in [0.15, 0.2) is 10.6 Å². The lowest BCUT2D eigenvalue weighted by atomic mass is 10.2. The minimum Gasteiger partial charge on any atom is -0.506 e. The molecule has 0 saturated heterocycles. The lowest BCUT2D eigenvalue weighted by Crippen LogP contribution is -2.13. The van der Waals surface area contributed by atoms with Crippen LogP contribution in [-0.2, 0) is 4.74 Å². The number of nitrogens with one attached hydrogen (secondary N) is 1. The zero-order valence-corrected chi connectivity index (χ0v) is 13.4. The van der Waals surface area contributed by atoms with Gasteiger partial charge in [-0.05, 0) is 48.8 Å². The van der Waals surface area contributed by atoms with Crippen molar-refractivity contribution in [2.75, 3.05) is 11.9 Å². The molecule has 3 aromatic rings. The molecule has 9 heteroatoms. The number of carbonyl (C=O) groups excluding carboxylic acids is 1. The van der Waals surface area contributed by atoms with Gasteiger partial charge < -0.3 is 9.84 Å². The summed E-state index contributed by atoms with van der Waals surface area (Å²) in [5.41, 5.74) is 1.28. The Labute approximate surface area is 141 Å². The van der Waals surface area contributed by atoms with Gasteiger partial charge in [0.05, 0.1) is 23.4 Å². The number of azo groups is 1. The summed E-state index contributed by atoms with van der Waals surface area (Å²) >= 11 is 1.19. The fourth-order valence-corrected chi connectivity index (χ4v) is 2.56. The Kier molecular flexibility index (Phi) is 4.62. The molecule has 0 unspecified atom stereocenters. The molecule has 0 atom stereocenters. The molecule has 0 radical (unpaired) electrons. The summed E-state index contributed by atoms with van der Waals surface area (Å²) in [5, 5.41) is 22.0. The van der Waals surface area contributed by atoms with Crippen molar-refractivity contribution in [3.8, 4) is 5.75 Å². The van der Waals surface area contributed by atoms with Crippen LogP contribution in [0, 0.1) is 0 Å². The van der Waals surface area contributed by atoms with E-state index in [4.69, 9.17) is 4.74 Å². The minimum atomic E-state index is -0.651. The first-order valence-corrected chi connectivity index (χ1v) is 7.83. The first kappa shape index (κ1) is 15.8. The Morgan fingerprint density at radius 3 is 3.08 bits per heavy atom. The lowest BCUT2D eigenvalue weighted by Gasteiger charge is -2.07. The molecule has 3 rings (SSSR count). The normalized spacial score (nSPS) is 11.0. The Morgan fingerprint density at radius 1 is 1.38 bits per heavy atom. The van der Waals surface area contributed by atoms with Gasteiger partial charge in [0.25, 0.3) is 0 Å². The van der Waals surface area contributed by atoms with Gasteiger partial charge in [-0.15, -0.1) is 10.2 Å². The maximum atomic E-state index is 11.5. The molecule has 0 fully saturated rings. The van der Waals surface area contributed by atoms with Crippen LogP contribution >= 0.6 is 11.5 Å². The Morgan fingerprint density at radius 2 is 2.25 bits per heavy atom. The van der Waals surface area contributed by atoms with E-state index in [0.29, 0.717) is 16.3 Å². The molecule has 0 bridgehead atoms. The van der Waals surface area contributed by atoms with Crippen LogP contribution in [0.25, 0.3) is 11.0 Å². The maximum absolute atomic E-state index is 11.5. The molecule has 0 aliphatic rings. The molecule has 8 nitrogen and oxygen atoms in total. The second kappa shape index (κ2) is 7.01. The molecular formula is C15H13N5O3S. The highest BCUT2D eigenvalue weighted by molar-refractivity contribution is 7.11. The standard InChI is InChI=1S/C15H13N5O3S/c1-2-23-15(22)17-11-8-9(5-6-12(11)21)18-19-14-10-4-3-7-16-13(10)20-24-14/h3-8,21H,2H2,1H3,(H,17,22)/b19-18+. The third-order valence-corrected chi connectivity index (χ3v) is 3.72. The molecule has 122 valence electrons. The molecule has 2 N–H and O–H groups in total. The zero-order valence-electron chi connectivity index (χ0n) is 12.6. The highest BCUT2D eigenvalue weighted by atomic mass is 32.1. The van der Waals surface area contributed by atoms with Gasteiger partial charge in [0.2, 0.25) is 0 Å². The Balaban J connectivity index is 1.83. The van der Waals surface area contributed by atoms with E-state index in [-0.39, 0.29) is 18.0 Å². The number of aromatic hydroxyl groups is 1. The summed E-state index contributed by atoms with van der Waals surface area (Å²) in [6, 6.07) is 8.17. The monoisotopic (exact) mass is 343 g/mol. The molecule has 0 aliphatic carbocycles. The van der Waals surface area contributed by atoms with Gasteiger partial charge in [0.1, 0.15) is 5.75 Å². The van der Waals surface area contributed by atoms with Crippen molar-refractivity contribution in [3.63, 3.8) is 0 Å². The Hall–Kier alpha value is -3.07. The number of rotatable bonds is 4. The van der Waals surface area contributed by atoms with Crippen molar-refractivity contribution >= 4 is 45.0 Å². The number of phenolic OH excluding ortho intramolecular Hbond substituents is 1. The molecule has 2 heterocycles. The molecule has 1 amide bonds. The Bertz CT molecular complexity index is 909. The summed E-state index contributed by atoms with van der Waals surface area (Å²) in [5.74, 6) is -0.0885. The third-order valence-electron chi connectivity index (χ3n) is 2.98. The number of ether oxygens (including phenoxy) is 1. The molecule has 2 aromatic heterocycles. The third kappa shape index (κ3) is 3.46. The second-order valence-electron chi connectivity index (χ2n) is 4.61. The van der Waals surface area contributed by atoms with E-state index in [1.807, 2.05) is 6.07 Å². The highest BCUT2D eigenvalue weighted by Crippen LogP contribution is 2.32. The molecule has 0 aliphatic heterocycles. The predicted octanol–water partition coefficient (Wildman–Crippen LogP) is 4.38. The van der Waals surface area contributed by atoms with Crippen molar-refractivity contribution < 1.29 is 14.6 Å². The van der Waals surface area contributed by atoms with E-state index >= 15 is 0 Å². The van der Waals surface area contributed by atoms with Crippen LogP contribution < -0.4 is 5.32 Å². The fourth-order valence-electron chi connectivity index (χ4n) is 1.91. The van der Waals surface area contributed by atoms with Crippen molar-refractivity contribution in [1.29, 1.82) is 0 Å². The number of hydrogen-bond acceptors (Lipinski definition) is 8. The summed E-state index contributed by atoms with van der Waals surface area (Å²) in [6.45, 7) is 1.93. The van der Waals surface area contributed by atoms with E-state index in [2.05, 4.69) is 24.9 Å². The van der Waals surface area contributed by atoms with Gasteiger partial charge in [-0.3, -0.25) is 5.32 Å². The number of hydrogen-bond donors (Lipinski definition) is 2. The molecule has 1 aromatic carbocycles. The van der Waals surface area contributed by atoms with Crippen LogP contribution in [0.15, 0.2) is 46.8 Å². The minimum absolute atomic E-state index is 0.0885. The van der Waals surface area contributed by atoms with Crippen LogP contribution in [0.1, 0.15) is 6.92 Å². The number of aromatic nitrogens is 2. The second-order valence-corrected chi connectivity index (χ2v) is 5.36. The van der Waals surface area contributed by atoms with Crippen molar-refractivity contribution in [3.05, 3.63) is 36.5 Å². The van der Waals surface area contributed by atoms with Crippen LogP contribution in [-0.4, -0.2) is 27.2 Å². The average Bonchev–Trinajstić information content (AvgIpc) is 2.99. The topological polar surface area (TPSA) is 109 Å². The lowest BCUT2D eigenvalue weighted by molar-refractivity contribution is 0.168. The van der Waals surface area contributed by atoms with Crippen LogP contribution in [0.2, 0.25) is 0 Å². The molecule has 24 heavy (non-hydrogen) atoms. The molecular weight excluding hydrogens is 330 g/mol. The summed E-state index contributed by atoms with van der Waals surface area (Å²) in [4.78, 5) is 15.6. The number of pyridine rings is 1. The SMILES string of the molecule is CCOC(=O)Nc1cc(/N=N/c2snc3ncccc23)ccc1O. The quantitative estimate of drug-likeness (QED) is 0.539. The van der Waals surface area contributed by atoms with Gasteiger partial charge >= 0.3 is 6.09 Å². The van der Waals surface area contributed by atoms with Crippen LogP contribution in [0.5, 0.6) is 5.75 Å². The van der Waals surface area contributed by atoms with Gasteiger partial charge in [-0.1, -0.05) is 0 Å². The van der Waals surface area contributed by atoms with E-state index in [1.165, 1.54) is 23.7 Å². The van der Waals surface area contributed by atoms with E-state index < -0.39 is 6.09 Å². The van der Waals surface area contributed by atoms with Crippen LogP contribution in [0.4, 0.5) is 21.2 Å². The number of benzene rings is 1. The molecule has 0 spiro atoms. The van der Waals surface area contributed by atoms with Gasteiger partial charge in [-0.25, -0.2) is 9.78 Å². The van der Waals surface area contributed by atoms with Gasteiger partial charge in [0, 0.05) is 6.20 Å². The van der Waals surface area contributed by atoms with E-state index in [1.54, 1.807) is 25.3 Å². The number of anilines is 1.